The molecule has 2 heterocycles. The largest absolute Gasteiger partial charge is 0.493 e. The van der Waals surface area contributed by atoms with Crippen LogP contribution in [0.25, 0.3) is 11.3 Å². The predicted molar refractivity (Wildman–Crippen MR) is 138 cm³/mol. The molecule has 0 saturated heterocycles. The topological polar surface area (TPSA) is 115 Å². The second-order valence-corrected chi connectivity index (χ2v) is 9.47. The van der Waals surface area contributed by atoms with Crippen molar-refractivity contribution >= 4 is 29.3 Å². The molecule has 1 aliphatic heterocycles. The number of aromatic amines is 1. The minimum absolute atomic E-state index is 0.117. The van der Waals surface area contributed by atoms with Crippen molar-refractivity contribution in [2.24, 2.45) is 0 Å². The van der Waals surface area contributed by atoms with Gasteiger partial charge in [0.05, 0.1) is 31.0 Å². The number of methoxy groups -OCH3 is 2. The fourth-order valence-corrected chi connectivity index (χ4v) is 5.22. The van der Waals surface area contributed by atoms with E-state index in [9.17, 15) is 14.4 Å². The van der Waals surface area contributed by atoms with Gasteiger partial charge in [0.25, 0.3) is 6.17 Å². The molecule has 37 heavy (non-hydrogen) atoms. The number of hydrogen-bond donors (Lipinski definition) is 1. The summed E-state index contributed by atoms with van der Waals surface area (Å²) in [7, 11) is 2.88. The number of anilines is 1. The van der Waals surface area contributed by atoms with Crippen LogP contribution in [-0.2, 0) is 9.59 Å². The smallest absolute Gasteiger partial charge is 0.325 e. The van der Waals surface area contributed by atoms with E-state index < -0.39 is 12.1 Å². The number of nitrogens with one attached hydrogen (secondary N) is 1. The Labute approximate surface area is 218 Å². The molecule has 1 aliphatic rings. The number of rotatable bonds is 8. The van der Waals surface area contributed by atoms with Crippen LogP contribution in [0.2, 0.25) is 0 Å². The SMILES string of the molecule is CCCCSc1n[n+]2c(c(=O)[nH]1)-c1ccccc1N(C(C)=O)[C@H]2c1cc(OC)c(OC(C)=O)c(OC)c1. The number of unbranched alkanes of at least 4 members (excludes halogenated alkanes) is 1. The summed E-state index contributed by atoms with van der Waals surface area (Å²) in [5, 5.41) is 5.23. The van der Waals surface area contributed by atoms with Crippen LogP contribution in [0.3, 0.4) is 0 Å². The van der Waals surface area contributed by atoms with Crippen molar-refractivity contribution in [2.75, 3.05) is 24.9 Å². The third-order valence-electron chi connectivity index (χ3n) is 5.86. The molecule has 0 saturated carbocycles. The van der Waals surface area contributed by atoms with Gasteiger partial charge in [-0.25, -0.2) is 4.90 Å². The van der Waals surface area contributed by atoms with Gasteiger partial charge < -0.3 is 14.2 Å². The van der Waals surface area contributed by atoms with Crippen molar-refractivity contribution in [2.45, 2.75) is 44.9 Å². The van der Waals surface area contributed by atoms with Gasteiger partial charge in [0.1, 0.15) is 0 Å². The number of nitrogens with zero attached hydrogens (tertiary/aromatic N) is 3. The maximum Gasteiger partial charge on any atom is 0.325 e. The summed E-state index contributed by atoms with van der Waals surface area (Å²) in [4.78, 5) is 42.7. The number of H-pyrrole nitrogens is 1. The molecule has 4 rings (SSSR count). The van der Waals surface area contributed by atoms with E-state index in [2.05, 4.69) is 11.9 Å². The number of fused-ring (bicyclic) bond motifs is 3. The molecule has 0 radical (unpaired) electrons. The van der Waals surface area contributed by atoms with E-state index in [1.54, 1.807) is 33.8 Å². The van der Waals surface area contributed by atoms with E-state index in [0.29, 0.717) is 27.7 Å². The highest BCUT2D eigenvalue weighted by atomic mass is 32.2. The van der Waals surface area contributed by atoms with Gasteiger partial charge in [-0.2, -0.15) is 0 Å². The van der Waals surface area contributed by atoms with Crippen LogP contribution in [0.15, 0.2) is 46.3 Å². The van der Waals surface area contributed by atoms with Crippen LogP contribution in [0, 0.1) is 0 Å². The van der Waals surface area contributed by atoms with Crippen molar-refractivity contribution in [3.05, 3.63) is 52.3 Å². The Balaban J connectivity index is 2.01. The summed E-state index contributed by atoms with van der Waals surface area (Å²) in [5.41, 5.74) is 1.71. The number of carbonyl (C=O) groups is 2. The summed E-state index contributed by atoms with van der Waals surface area (Å²) in [6.07, 6.45) is 1.13. The lowest BCUT2D eigenvalue weighted by molar-refractivity contribution is -0.763. The summed E-state index contributed by atoms with van der Waals surface area (Å²) < 4.78 is 18.0. The third kappa shape index (κ3) is 5.04. The van der Waals surface area contributed by atoms with Gasteiger partial charge in [-0.1, -0.05) is 37.2 Å². The normalized spacial score (nSPS) is 14.0. The Morgan fingerprint density at radius 3 is 2.41 bits per heavy atom. The number of ether oxygens (including phenoxy) is 3. The van der Waals surface area contributed by atoms with E-state index in [1.807, 2.05) is 12.1 Å². The molecule has 3 aromatic rings. The van der Waals surface area contributed by atoms with Crippen molar-refractivity contribution in [3.63, 3.8) is 0 Å². The van der Waals surface area contributed by atoms with Gasteiger partial charge in [-0.05, 0) is 35.4 Å². The molecule has 194 valence electrons. The summed E-state index contributed by atoms with van der Waals surface area (Å²) in [5.74, 6) is 0.581. The Morgan fingerprint density at radius 2 is 1.81 bits per heavy atom. The lowest BCUT2D eigenvalue weighted by Crippen LogP contribution is -2.60. The van der Waals surface area contributed by atoms with E-state index in [4.69, 9.17) is 19.3 Å². The molecule has 0 bridgehead atoms. The summed E-state index contributed by atoms with van der Waals surface area (Å²) in [6.45, 7) is 4.83. The predicted octanol–water partition coefficient (Wildman–Crippen LogP) is 3.47. The average molecular weight is 526 g/mol. The number of thioether (sulfide) groups is 1. The van der Waals surface area contributed by atoms with Crippen molar-refractivity contribution < 1.29 is 28.5 Å². The zero-order valence-corrected chi connectivity index (χ0v) is 22.2. The van der Waals surface area contributed by atoms with E-state index >= 15 is 0 Å². The molecule has 0 unspecified atom stereocenters. The fourth-order valence-electron chi connectivity index (χ4n) is 4.28. The zero-order chi connectivity index (χ0) is 26.7. The van der Waals surface area contributed by atoms with Gasteiger partial charge in [0.15, 0.2) is 11.5 Å². The van der Waals surface area contributed by atoms with Crippen molar-refractivity contribution in [3.8, 4) is 28.5 Å². The Kier molecular flexibility index (Phi) is 7.82. The second-order valence-electron chi connectivity index (χ2n) is 8.38. The quantitative estimate of drug-likeness (QED) is 0.156. The first kappa shape index (κ1) is 26.2. The Morgan fingerprint density at radius 1 is 1.14 bits per heavy atom. The van der Waals surface area contributed by atoms with Crippen LogP contribution >= 0.6 is 11.8 Å². The monoisotopic (exact) mass is 525 g/mol. The lowest BCUT2D eigenvalue weighted by Gasteiger charge is -2.31. The lowest BCUT2D eigenvalue weighted by atomic mass is 10.0. The Bertz CT molecular complexity index is 1380. The van der Waals surface area contributed by atoms with Crippen molar-refractivity contribution in [1.82, 2.24) is 10.1 Å². The highest BCUT2D eigenvalue weighted by molar-refractivity contribution is 7.99. The molecule has 1 atom stereocenters. The maximum atomic E-state index is 13.4. The molecular weight excluding hydrogens is 496 g/mol. The Hall–Kier alpha value is -3.86. The number of para-hydroxylation sites is 1. The first-order chi connectivity index (χ1) is 17.8. The number of benzene rings is 2. The number of aromatic nitrogens is 3. The van der Waals surface area contributed by atoms with E-state index in [1.165, 1.54) is 39.8 Å². The second kappa shape index (κ2) is 11.0. The van der Waals surface area contributed by atoms with Crippen LogP contribution in [-0.4, -0.2) is 41.9 Å². The summed E-state index contributed by atoms with van der Waals surface area (Å²) >= 11 is 1.45. The fraction of sp³-hybridized carbons (Fsp3) is 0.346. The third-order valence-corrected chi connectivity index (χ3v) is 6.81. The molecule has 0 aliphatic carbocycles. The zero-order valence-electron chi connectivity index (χ0n) is 21.4. The minimum atomic E-state index is -0.843. The molecule has 11 heteroatoms. The maximum absolute atomic E-state index is 13.4. The van der Waals surface area contributed by atoms with E-state index in [0.717, 1.165) is 18.6 Å². The first-order valence-corrected chi connectivity index (χ1v) is 12.8. The number of esters is 1. The van der Waals surface area contributed by atoms with Crippen molar-refractivity contribution in [1.29, 1.82) is 0 Å². The molecule has 1 N–H and O–H groups in total. The van der Waals surface area contributed by atoms with Gasteiger partial charge in [0, 0.05) is 24.7 Å². The number of hydrogen-bond acceptors (Lipinski definition) is 8. The minimum Gasteiger partial charge on any atom is -0.493 e. The van der Waals surface area contributed by atoms with Gasteiger partial charge in [-0.3, -0.25) is 19.4 Å². The van der Waals surface area contributed by atoms with Gasteiger partial charge >= 0.3 is 17.2 Å². The standard InChI is InChI=1S/C26H28N4O6S/c1-6-7-12-37-26-27-24(33)22-18-10-8-9-11-19(18)29(15(2)31)25(30(22)28-26)17-13-20(34-4)23(36-16(3)32)21(14-17)35-5/h8-11,13-14,25H,6-7,12H2,1-5H3/p+1/t25-/m1/s1. The molecule has 10 nitrogen and oxygen atoms in total. The number of carbonyl (C=O) groups excluding carboxylic acids is 2. The van der Waals surface area contributed by atoms with Gasteiger partial charge in [-0.15, -0.1) is 0 Å². The van der Waals surface area contributed by atoms with E-state index in [-0.39, 0.29) is 28.7 Å². The first-order valence-electron chi connectivity index (χ1n) is 11.8. The van der Waals surface area contributed by atoms with Gasteiger partial charge in [0.2, 0.25) is 16.8 Å². The van der Waals surface area contributed by atoms with Crippen LogP contribution in [0.1, 0.15) is 45.3 Å². The molecule has 0 fully saturated rings. The van der Waals surface area contributed by atoms with Crippen LogP contribution < -0.4 is 29.4 Å². The molecule has 1 aromatic heterocycles. The molecule has 0 spiro atoms. The molecular formula is C26H29N4O6S+. The molecule has 1 amide bonds. The van der Waals surface area contributed by atoms with Crippen LogP contribution in [0.4, 0.5) is 5.69 Å². The highest BCUT2D eigenvalue weighted by Crippen LogP contribution is 2.43. The highest BCUT2D eigenvalue weighted by Gasteiger charge is 2.45. The van der Waals surface area contributed by atoms with Crippen LogP contribution in [0.5, 0.6) is 17.2 Å². The average Bonchev–Trinajstić information content (AvgIpc) is 2.87. The summed E-state index contributed by atoms with van der Waals surface area (Å²) in [6, 6.07) is 10.5. The molecule has 2 aromatic carbocycles. The number of amides is 1.